The highest BCUT2D eigenvalue weighted by atomic mass is 35.5. The molecule has 1 fully saturated rings. The molecule has 1 saturated heterocycles. The van der Waals surface area contributed by atoms with E-state index in [4.69, 9.17) is 11.6 Å². The highest BCUT2D eigenvalue weighted by Crippen LogP contribution is 2.20. The molecule has 2 aromatic carbocycles. The van der Waals surface area contributed by atoms with Crippen LogP contribution < -0.4 is 10.0 Å². The first kappa shape index (κ1) is 23.2. The average molecular weight is 464 g/mol. The van der Waals surface area contributed by atoms with Crippen LogP contribution in [0, 0.1) is 0 Å². The normalized spacial score (nSPS) is 14.3. The van der Waals surface area contributed by atoms with Crippen LogP contribution in [0.5, 0.6) is 0 Å². The number of hydrogen-bond acceptors (Lipinski definition) is 4. The maximum absolute atomic E-state index is 12.6. The van der Waals surface area contributed by atoms with Gasteiger partial charge < -0.3 is 10.2 Å². The van der Waals surface area contributed by atoms with Gasteiger partial charge in [-0.05, 0) is 49.1 Å². The van der Waals surface area contributed by atoms with Crippen molar-refractivity contribution in [3.63, 3.8) is 0 Å². The minimum Gasteiger partial charge on any atom is -0.352 e. The Morgan fingerprint density at radius 1 is 1.00 bits per heavy atom. The zero-order chi connectivity index (χ0) is 22.3. The van der Waals surface area contributed by atoms with Crippen LogP contribution in [0.15, 0.2) is 53.4 Å². The fourth-order valence-electron chi connectivity index (χ4n) is 3.42. The van der Waals surface area contributed by atoms with Crippen LogP contribution in [0.3, 0.4) is 0 Å². The third-order valence-electron chi connectivity index (χ3n) is 5.08. The van der Waals surface area contributed by atoms with Crippen LogP contribution in [0.25, 0.3) is 0 Å². The Morgan fingerprint density at radius 2 is 1.74 bits per heavy atom. The van der Waals surface area contributed by atoms with Gasteiger partial charge in [-0.2, -0.15) is 0 Å². The van der Waals surface area contributed by atoms with Crippen molar-refractivity contribution in [3.05, 3.63) is 64.7 Å². The minimum absolute atomic E-state index is 0.0156. The summed E-state index contributed by atoms with van der Waals surface area (Å²) in [5, 5.41) is 2.88. The quantitative estimate of drug-likeness (QED) is 0.629. The Morgan fingerprint density at radius 3 is 2.48 bits per heavy atom. The van der Waals surface area contributed by atoms with E-state index in [9.17, 15) is 18.0 Å². The first-order valence-electron chi connectivity index (χ1n) is 10.3. The first-order valence-corrected chi connectivity index (χ1v) is 12.1. The molecule has 0 aromatic heterocycles. The monoisotopic (exact) mass is 463 g/mol. The Hall–Kier alpha value is -2.42. The molecule has 9 heteroatoms. The van der Waals surface area contributed by atoms with Gasteiger partial charge in [-0.15, -0.1) is 0 Å². The van der Waals surface area contributed by atoms with E-state index in [1.54, 1.807) is 30.3 Å². The molecule has 1 aliphatic rings. The molecule has 1 aliphatic heterocycles. The summed E-state index contributed by atoms with van der Waals surface area (Å²) in [5.41, 5.74) is 1.43. The molecular formula is C22H26ClN3O4S. The number of piperidine rings is 1. The summed E-state index contributed by atoms with van der Waals surface area (Å²) < 4.78 is 26.9. The van der Waals surface area contributed by atoms with E-state index in [2.05, 4.69) is 10.0 Å². The molecule has 2 aromatic rings. The fourth-order valence-corrected chi connectivity index (χ4v) is 4.97. The van der Waals surface area contributed by atoms with Crippen molar-refractivity contribution in [2.45, 2.75) is 37.1 Å². The van der Waals surface area contributed by atoms with Gasteiger partial charge in [0.05, 0.1) is 5.02 Å². The molecule has 2 amide bonds. The second kappa shape index (κ2) is 10.7. The summed E-state index contributed by atoms with van der Waals surface area (Å²) in [5.74, 6) is -0.281. The predicted octanol–water partition coefficient (Wildman–Crippen LogP) is 2.95. The topological polar surface area (TPSA) is 95.6 Å². The van der Waals surface area contributed by atoms with Crippen molar-refractivity contribution < 1.29 is 18.0 Å². The Bertz CT molecular complexity index is 1040. The number of likely N-dealkylation sites (tertiary alicyclic amines) is 1. The number of rotatable bonds is 8. The molecule has 0 saturated carbocycles. The van der Waals surface area contributed by atoms with Crippen molar-refractivity contribution in [2.24, 2.45) is 0 Å². The molecule has 166 valence electrons. The van der Waals surface area contributed by atoms with E-state index >= 15 is 0 Å². The fraction of sp³-hybridized carbons (Fsp3) is 0.364. The molecule has 0 aliphatic carbocycles. The van der Waals surface area contributed by atoms with Crippen LogP contribution in [0.1, 0.15) is 41.6 Å². The van der Waals surface area contributed by atoms with Gasteiger partial charge in [0.25, 0.3) is 5.91 Å². The number of carbonyl (C=O) groups is 2. The lowest BCUT2D eigenvalue weighted by Gasteiger charge is -2.26. The summed E-state index contributed by atoms with van der Waals surface area (Å²) >= 11 is 5.93. The zero-order valence-corrected chi connectivity index (χ0v) is 18.7. The van der Waals surface area contributed by atoms with Gasteiger partial charge >= 0.3 is 0 Å². The average Bonchev–Trinajstić information content (AvgIpc) is 2.78. The van der Waals surface area contributed by atoms with E-state index in [1.165, 1.54) is 12.1 Å². The molecule has 0 spiro atoms. The number of nitrogens with zero attached hydrogens (tertiary/aromatic N) is 1. The number of nitrogens with one attached hydrogen (secondary N) is 2. The van der Waals surface area contributed by atoms with E-state index in [0.29, 0.717) is 5.56 Å². The van der Waals surface area contributed by atoms with E-state index < -0.39 is 10.0 Å². The standard InChI is InChI=1S/C22H26ClN3O4S/c23-19-9-2-3-10-20(19)31(29,30)25-12-11-21(27)24-16-17-7-6-8-18(15-17)22(28)26-13-4-1-5-14-26/h2-3,6-10,15,25H,1,4-5,11-14,16H2,(H,24,27). The smallest absolute Gasteiger partial charge is 0.253 e. The molecule has 0 radical (unpaired) electrons. The van der Waals surface area contributed by atoms with Crippen molar-refractivity contribution in [3.8, 4) is 0 Å². The second-order valence-corrected chi connectivity index (χ2v) is 9.55. The number of carbonyl (C=O) groups excluding carboxylic acids is 2. The summed E-state index contributed by atoms with van der Waals surface area (Å²) in [6.07, 6.45) is 3.20. The van der Waals surface area contributed by atoms with Crippen molar-refractivity contribution in [1.82, 2.24) is 14.9 Å². The lowest BCUT2D eigenvalue weighted by Crippen LogP contribution is -2.35. The van der Waals surface area contributed by atoms with Crippen LogP contribution in [-0.2, 0) is 21.4 Å². The number of benzene rings is 2. The summed E-state index contributed by atoms with van der Waals surface area (Å²) in [6, 6.07) is 13.3. The Kier molecular flexibility index (Phi) is 8.06. The number of sulfonamides is 1. The summed E-state index contributed by atoms with van der Waals surface area (Å²) in [6.45, 7) is 1.78. The number of hydrogen-bond donors (Lipinski definition) is 2. The zero-order valence-electron chi connectivity index (χ0n) is 17.1. The van der Waals surface area contributed by atoms with Crippen LogP contribution in [-0.4, -0.2) is 44.8 Å². The van der Waals surface area contributed by atoms with Gasteiger partial charge in [-0.1, -0.05) is 35.9 Å². The van der Waals surface area contributed by atoms with Gasteiger partial charge in [0.1, 0.15) is 4.90 Å². The molecule has 7 nitrogen and oxygen atoms in total. The maximum Gasteiger partial charge on any atom is 0.253 e. The molecule has 1 heterocycles. The third-order valence-corrected chi connectivity index (χ3v) is 7.04. The Labute approximate surface area is 187 Å². The largest absolute Gasteiger partial charge is 0.352 e. The van der Waals surface area contributed by atoms with Gasteiger partial charge in [-0.3, -0.25) is 9.59 Å². The van der Waals surface area contributed by atoms with Crippen molar-refractivity contribution in [2.75, 3.05) is 19.6 Å². The van der Waals surface area contributed by atoms with Crippen LogP contribution in [0.4, 0.5) is 0 Å². The highest BCUT2D eigenvalue weighted by Gasteiger charge is 2.19. The van der Waals surface area contributed by atoms with Crippen LogP contribution >= 0.6 is 11.6 Å². The van der Waals surface area contributed by atoms with Gasteiger partial charge in [-0.25, -0.2) is 13.1 Å². The van der Waals surface area contributed by atoms with Gasteiger partial charge in [0, 0.05) is 38.2 Å². The van der Waals surface area contributed by atoms with Gasteiger partial charge in [0.2, 0.25) is 15.9 Å². The predicted molar refractivity (Wildman–Crippen MR) is 119 cm³/mol. The highest BCUT2D eigenvalue weighted by molar-refractivity contribution is 7.89. The van der Waals surface area contributed by atoms with Crippen molar-refractivity contribution >= 4 is 33.4 Å². The lowest BCUT2D eigenvalue weighted by molar-refractivity contribution is -0.121. The van der Waals surface area contributed by atoms with E-state index in [0.717, 1.165) is 37.9 Å². The summed E-state index contributed by atoms with van der Waals surface area (Å²) in [4.78, 5) is 26.6. The maximum atomic E-state index is 12.6. The van der Waals surface area contributed by atoms with Crippen molar-refractivity contribution in [1.29, 1.82) is 0 Å². The molecule has 3 rings (SSSR count). The first-order chi connectivity index (χ1) is 14.9. The molecular weight excluding hydrogens is 438 g/mol. The molecule has 0 bridgehead atoms. The molecule has 0 unspecified atom stereocenters. The minimum atomic E-state index is -3.78. The van der Waals surface area contributed by atoms with E-state index in [1.807, 2.05) is 11.0 Å². The van der Waals surface area contributed by atoms with Crippen LogP contribution in [0.2, 0.25) is 5.02 Å². The number of halogens is 1. The van der Waals surface area contributed by atoms with E-state index in [-0.39, 0.29) is 41.2 Å². The molecule has 0 atom stereocenters. The second-order valence-electron chi connectivity index (χ2n) is 7.41. The van der Waals surface area contributed by atoms with Gasteiger partial charge in [0.15, 0.2) is 0 Å². The Balaban J connectivity index is 1.47. The molecule has 2 N–H and O–H groups in total. The summed E-state index contributed by atoms with van der Waals surface area (Å²) in [7, 11) is -3.78. The third kappa shape index (κ3) is 6.53. The number of amides is 2. The SMILES string of the molecule is O=C(CCNS(=O)(=O)c1ccccc1Cl)NCc1cccc(C(=O)N2CCCCC2)c1. The lowest BCUT2D eigenvalue weighted by atomic mass is 10.1. The molecule has 31 heavy (non-hydrogen) atoms.